The molecule has 1 amide bonds. The maximum atomic E-state index is 12.6. The summed E-state index contributed by atoms with van der Waals surface area (Å²) in [6.07, 6.45) is 0. The summed E-state index contributed by atoms with van der Waals surface area (Å²) in [5.41, 5.74) is 2.78. The second-order valence-electron chi connectivity index (χ2n) is 5.23. The topological polar surface area (TPSA) is 29.1 Å². The number of benzene rings is 3. The van der Waals surface area contributed by atoms with E-state index in [0.29, 0.717) is 5.02 Å². The summed E-state index contributed by atoms with van der Waals surface area (Å²) < 4.78 is 1.11. The number of halogens is 1. The summed E-state index contributed by atoms with van der Waals surface area (Å²) in [7, 11) is 0. The molecule has 3 aromatic rings. The van der Waals surface area contributed by atoms with E-state index in [1.165, 1.54) is 5.56 Å². The number of hydrogen-bond donors (Lipinski definition) is 1. The van der Waals surface area contributed by atoms with Gasteiger partial charge >= 0.3 is 153 Å². The van der Waals surface area contributed by atoms with Crippen LogP contribution in [0.1, 0.15) is 15.9 Å². The number of rotatable bonds is 5. The van der Waals surface area contributed by atoms with Gasteiger partial charge in [0, 0.05) is 0 Å². The van der Waals surface area contributed by atoms with Crippen molar-refractivity contribution >= 4 is 42.6 Å². The third kappa shape index (κ3) is 4.48. The van der Waals surface area contributed by atoms with Crippen molar-refractivity contribution in [1.29, 1.82) is 0 Å². The van der Waals surface area contributed by atoms with E-state index in [0.717, 1.165) is 21.0 Å². The third-order valence-electron chi connectivity index (χ3n) is 3.47. The molecular weight excluding hydrogens is 385 g/mol. The molecular formula is C20H16ClNOSe. The fourth-order valence-corrected chi connectivity index (χ4v) is 4.48. The fourth-order valence-electron chi connectivity index (χ4n) is 2.25. The first-order chi connectivity index (χ1) is 11.7. The molecule has 0 saturated carbocycles. The van der Waals surface area contributed by atoms with E-state index >= 15 is 0 Å². The molecule has 0 bridgehead atoms. The van der Waals surface area contributed by atoms with E-state index in [-0.39, 0.29) is 20.9 Å². The average molecular weight is 401 g/mol. The number of carbonyl (C=O) groups is 1. The van der Waals surface area contributed by atoms with Crippen molar-refractivity contribution in [3.05, 3.63) is 95.0 Å². The van der Waals surface area contributed by atoms with E-state index in [1.807, 2.05) is 42.5 Å². The van der Waals surface area contributed by atoms with E-state index in [4.69, 9.17) is 11.6 Å². The first kappa shape index (κ1) is 16.8. The summed E-state index contributed by atoms with van der Waals surface area (Å²) in [5.74, 6) is -0.0807. The van der Waals surface area contributed by atoms with Gasteiger partial charge in [-0.25, -0.2) is 0 Å². The van der Waals surface area contributed by atoms with Gasteiger partial charge in [0.2, 0.25) is 0 Å². The molecule has 0 aliphatic carbocycles. The van der Waals surface area contributed by atoms with Gasteiger partial charge in [-0.05, 0) is 0 Å². The van der Waals surface area contributed by atoms with Crippen molar-refractivity contribution in [3.8, 4) is 0 Å². The van der Waals surface area contributed by atoms with Crippen LogP contribution in [0.5, 0.6) is 0 Å². The standard InChI is InChI=1S/C20H16ClNOSe/c21-16-10-12-17(13-11-16)22-20(23)18-8-4-5-9-19(18)24-14-15-6-2-1-3-7-15/h1-13H,14H2,(H,22,23). The zero-order valence-electron chi connectivity index (χ0n) is 12.9. The number of carbonyl (C=O) groups excluding carboxylic acids is 1. The van der Waals surface area contributed by atoms with Gasteiger partial charge < -0.3 is 0 Å². The molecule has 24 heavy (non-hydrogen) atoms. The van der Waals surface area contributed by atoms with Crippen LogP contribution < -0.4 is 9.78 Å². The molecule has 0 saturated heterocycles. The molecule has 2 nitrogen and oxygen atoms in total. The molecule has 0 aromatic heterocycles. The number of hydrogen-bond acceptors (Lipinski definition) is 1. The quantitative estimate of drug-likeness (QED) is 0.641. The molecule has 0 heterocycles. The maximum absolute atomic E-state index is 12.6. The predicted octanol–water partition coefficient (Wildman–Crippen LogP) is 4.12. The van der Waals surface area contributed by atoms with Gasteiger partial charge in [0.25, 0.3) is 0 Å². The number of anilines is 1. The number of amides is 1. The van der Waals surface area contributed by atoms with Gasteiger partial charge in [-0.1, -0.05) is 0 Å². The van der Waals surface area contributed by atoms with Gasteiger partial charge in [-0.3, -0.25) is 0 Å². The van der Waals surface area contributed by atoms with Crippen molar-refractivity contribution in [2.75, 3.05) is 5.32 Å². The van der Waals surface area contributed by atoms with Crippen LogP contribution >= 0.6 is 11.6 Å². The third-order valence-corrected chi connectivity index (χ3v) is 6.12. The fraction of sp³-hybridized carbons (Fsp3) is 0.0500. The van der Waals surface area contributed by atoms with Crippen LogP contribution in [0.15, 0.2) is 78.9 Å². The molecule has 3 rings (SSSR count). The van der Waals surface area contributed by atoms with Crippen molar-refractivity contribution < 1.29 is 4.79 Å². The molecule has 0 aliphatic rings. The van der Waals surface area contributed by atoms with Crippen LogP contribution in [-0.4, -0.2) is 20.9 Å². The van der Waals surface area contributed by atoms with Gasteiger partial charge in [0.1, 0.15) is 0 Å². The number of nitrogens with one attached hydrogen (secondary N) is 1. The Hall–Kier alpha value is -2.06. The second kappa shape index (κ2) is 8.16. The molecule has 0 atom stereocenters. The van der Waals surface area contributed by atoms with E-state index < -0.39 is 0 Å². The summed E-state index contributed by atoms with van der Waals surface area (Å²) in [6, 6.07) is 25.3. The zero-order valence-corrected chi connectivity index (χ0v) is 15.4. The summed E-state index contributed by atoms with van der Waals surface area (Å²) in [5, 5.41) is 4.56. The average Bonchev–Trinajstić information content (AvgIpc) is 2.63. The Balaban J connectivity index is 1.73. The zero-order chi connectivity index (χ0) is 16.8. The summed E-state index contributed by atoms with van der Waals surface area (Å²) >= 11 is 6.08. The summed E-state index contributed by atoms with van der Waals surface area (Å²) in [6.45, 7) is 0. The van der Waals surface area contributed by atoms with Crippen LogP contribution in [-0.2, 0) is 5.32 Å². The Kier molecular flexibility index (Phi) is 5.71. The van der Waals surface area contributed by atoms with Crippen molar-refractivity contribution in [2.45, 2.75) is 5.32 Å². The van der Waals surface area contributed by atoms with Crippen molar-refractivity contribution in [3.63, 3.8) is 0 Å². The molecule has 4 heteroatoms. The van der Waals surface area contributed by atoms with Crippen LogP contribution in [0.4, 0.5) is 5.69 Å². The monoisotopic (exact) mass is 401 g/mol. The van der Waals surface area contributed by atoms with E-state index in [1.54, 1.807) is 24.3 Å². The minimum atomic E-state index is -0.0807. The normalized spacial score (nSPS) is 10.4. The Bertz CT molecular complexity index is 819. The molecule has 0 fully saturated rings. The second-order valence-corrected chi connectivity index (χ2v) is 7.80. The van der Waals surface area contributed by atoms with Gasteiger partial charge in [0.15, 0.2) is 0 Å². The van der Waals surface area contributed by atoms with Gasteiger partial charge in [0.05, 0.1) is 0 Å². The van der Waals surface area contributed by atoms with Crippen LogP contribution in [0.2, 0.25) is 5.02 Å². The Morgan fingerprint density at radius 2 is 1.54 bits per heavy atom. The first-order valence-electron chi connectivity index (χ1n) is 7.55. The van der Waals surface area contributed by atoms with E-state index in [2.05, 4.69) is 17.4 Å². The van der Waals surface area contributed by atoms with E-state index in [9.17, 15) is 4.79 Å². The first-order valence-corrected chi connectivity index (χ1v) is 9.99. The SMILES string of the molecule is O=C(Nc1ccc(Cl)cc1)c1ccccc1[Se]Cc1ccccc1. The van der Waals surface area contributed by atoms with Crippen LogP contribution in [0, 0.1) is 0 Å². The molecule has 1 N–H and O–H groups in total. The summed E-state index contributed by atoms with van der Waals surface area (Å²) in [4.78, 5) is 12.6. The molecule has 0 unspecified atom stereocenters. The van der Waals surface area contributed by atoms with Gasteiger partial charge in [-0.15, -0.1) is 0 Å². The Morgan fingerprint density at radius 1 is 0.875 bits per heavy atom. The molecule has 0 aliphatic heterocycles. The van der Waals surface area contributed by atoms with Crippen LogP contribution in [0.3, 0.4) is 0 Å². The Morgan fingerprint density at radius 3 is 2.29 bits per heavy atom. The molecule has 0 spiro atoms. The minimum absolute atomic E-state index is 0.0807. The van der Waals surface area contributed by atoms with Crippen LogP contribution in [0.25, 0.3) is 0 Å². The molecule has 120 valence electrons. The molecule has 3 aromatic carbocycles. The predicted molar refractivity (Wildman–Crippen MR) is 101 cm³/mol. The van der Waals surface area contributed by atoms with Gasteiger partial charge in [-0.2, -0.15) is 0 Å². The van der Waals surface area contributed by atoms with Crippen molar-refractivity contribution in [2.24, 2.45) is 0 Å². The molecule has 0 radical (unpaired) electrons. The van der Waals surface area contributed by atoms with Crippen molar-refractivity contribution in [1.82, 2.24) is 0 Å². The Labute approximate surface area is 153 Å².